The molecule has 0 amide bonds. The zero-order valence-corrected chi connectivity index (χ0v) is 11.1. The Hall–Kier alpha value is -1.44. The van der Waals surface area contributed by atoms with Gasteiger partial charge in [-0.2, -0.15) is 0 Å². The van der Waals surface area contributed by atoms with E-state index in [2.05, 4.69) is 21.1 Å². The first-order valence-electron chi connectivity index (χ1n) is 4.73. The molecule has 18 heavy (non-hydrogen) atoms. The van der Waals surface area contributed by atoms with Crippen LogP contribution in [0.4, 0.5) is 5.69 Å². The number of nitro benzene ring substituents is 1. The van der Waals surface area contributed by atoms with Crippen molar-refractivity contribution in [1.29, 1.82) is 0 Å². The lowest BCUT2D eigenvalue weighted by Crippen LogP contribution is -1.92. The third-order valence-electron chi connectivity index (χ3n) is 2.31. The number of rotatable bonds is 3. The Balaban J connectivity index is 2.57. The third-order valence-corrected chi connectivity index (χ3v) is 3.26. The van der Waals surface area contributed by atoms with Crippen LogP contribution in [-0.4, -0.2) is 15.2 Å². The quantitative estimate of drug-likeness (QED) is 0.688. The second kappa shape index (κ2) is 5.05. The van der Waals surface area contributed by atoms with Gasteiger partial charge in [0.2, 0.25) is 4.67 Å². The molecule has 0 radical (unpaired) electrons. The normalized spacial score (nSPS) is 10.6. The number of hydrogen-bond donors (Lipinski definition) is 1. The van der Waals surface area contributed by atoms with Crippen LogP contribution in [-0.2, 0) is 6.61 Å². The monoisotopic (exact) mass is 332 g/mol. The van der Waals surface area contributed by atoms with Crippen LogP contribution in [0.2, 0.25) is 5.02 Å². The van der Waals surface area contributed by atoms with Crippen LogP contribution in [0.25, 0.3) is 11.3 Å². The van der Waals surface area contributed by atoms with Crippen molar-refractivity contribution in [3.05, 3.63) is 43.6 Å². The lowest BCUT2D eigenvalue weighted by Gasteiger charge is -2.00. The van der Waals surface area contributed by atoms with Crippen molar-refractivity contribution in [1.82, 2.24) is 5.16 Å². The van der Waals surface area contributed by atoms with Gasteiger partial charge in [-0.3, -0.25) is 10.1 Å². The number of nitro groups is 1. The molecule has 0 saturated heterocycles. The number of benzene rings is 1. The molecule has 0 spiro atoms. The number of halogens is 2. The summed E-state index contributed by atoms with van der Waals surface area (Å²) in [7, 11) is 0. The van der Waals surface area contributed by atoms with Gasteiger partial charge in [0.25, 0.3) is 5.69 Å². The molecule has 1 heterocycles. The molecule has 0 bridgehead atoms. The highest BCUT2D eigenvalue weighted by molar-refractivity contribution is 9.10. The van der Waals surface area contributed by atoms with Crippen molar-refractivity contribution < 1.29 is 14.6 Å². The van der Waals surface area contributed by atoms with Crippen molar-refractivity contribution in [3.63, 3.8) is 0 Å². The fourth-order valence-corrected chi connectivity index (χ4v) is 2.02. The molecular formula is C10H6BrClN2O4. The second-order valence-electron chi connectivity index (χ2n) is 3.36. The molecule has 0 aliphatic heterocycles. The Kier molecular flexibility index (Phi) is 3.65. The van der Waals surface area contributed by atoms with E-state index in [0.29, 0.717) is 16.8 Å². The zero-order valence-electron chi connectivity index (χ0n) is 8.76. The minimum absolute atomic E-state index is 0.0388. The van der Waals surface area contributed by atoms with E-state index in [-0.39, 0.29) is 22.0 Å². The Bertz CT molecular complexity index is 614. The van der Waals surface area contributed by atoms with E-state index in [1.54, 1.807) is 6.07 Å². The summed E-state index contributed by atoms with van der Waals surface area (Å²) >= 11 is 8.80. The van der Waals surface area contributed by atoms with Crippen LogP contribution in [0.1, 0.15) is 5.56 Å². The first kappa shape index (κ1) is 13.0. The minimum atomic E-state index is -0.584. The van der Waals surface area contributed by atoms with Gasteiger partial charge in [0.05, 0.1) is 17.1 Å². The zero-order chi connectivity index (χ0) is 13.3. The van der Waals surface area contributed by atoms with Gasteiger partial charge in [0, 0.05) is 11.6 Å². The van der Waals surface area contributed by atoms with Crippen LogP contribution in [0.5, 0.6) is 0 Å². The maximum atomic E-state index is 10.8. The SMILES string of the molecule is O=[N+]([O-])c1cc(-c2noc(Br)c2CO)ccc1Cl. The smallest absolute Gasteiger partial charge is 0.288 e. The van der Waals surface area contributed by atoms with Crippen molar-refractivity contribution in [3.8, 4) is 11.3 Å². The average Bonchev–Trinajstić information content (AvgIpc) is 2.70. The summed E-state index contributed by atoms with van der Waals surface area (Å²) in [5.41, 5.74) is 0.984. The van der Waals surface area contributed by atoms with E-state index in [0.717, 1.165) is 0 Å². The molecular weight excluding hydrogens is 327 g/mol. The first-order valence-corrected chi connectivity index (χ1v) is 5.91. The number of nitrogens with zero attached hydrogens (tertiary/aromatic N) is 2. The van der Waals surface area contributed by atoms with Crippen LogP contribution in [0.3, 0.4) is 0 Å². The molecule has 0 aliphatic rings. The van der Waals surface area contributed by atoms with E-state index < -0.39 is 4.92 Å². The van der Waals surface area contributed by atoms with E-state index >= 15 is 0 Å². The topological polar surface area (TPSA) is 89.4 Å². The molecule has 1 N–H and O–H groups in total. The fourth-order valence-electron chi connectivity index (χ4n) is 1.45. The molecule has 2 rings (SSSR count). The third kappa shape index (κ3) is 2.24. The van der Waals surface area contributed by atoms with Gasteiger partial charge in [0.15, 0.2) is 0 Å². The number of hydrogen-bond acceptors (Lipinski definition) is 5. The van der Waals surface area contributed by atoms with Crippen molar-refractivity contribution in [2.45, 2.75) is 6.61 Å². The van der Waals surface area contributed by atoms with Gasteiger partial charge in [-0.05, 0) is 22.0 Å². The highest BCUT2D eigenvalue weighted by Crippen LogP contribution is 2.33. The summed E-state index contributed by atoms with van der Waals surface area (Å²) in [5.74, 6) is 0. The van der Waals surface area contributed by atoms with E-state index in [4.69, 9.17) is 16.1 Å². The maximum absolute atomic E-state index is 10.8. The molecule has 0 aliphatic carbocycles. The summed E-state index contributed by atoms with van der Waals surface area (Å²) in [6.07, 6.45) is 0. The van der Waals surface area contributed by atoms with Gasteiger partial charge >= 0.3 is 0 Å². The van der Waals surface area contributed by atoms with Crippen LogP contribution >= 0.6 is 27.5 Å². The maximum Gasteiger partial charge on any atom is 0.288 e. The molecule has 0 fully saturated rings. The van der Waals surface area contributed by atoms with Gasteiger partial charge < -0.3 is 9.63 Å². The molecule has 0 unspecified atom stereocenters. The number of aliphatic hydroxyl groups excluding tert-OH is 1. The molecule has 0 atom stereocenters. The Morgan fingerprint density at radius 2 is 2.28 bits per heavy atom. The molecule has 6 nitrogen and oxygen atoms in total. The lowest BCUT2D eigenvalue weighted by molar-refractivity contribution is -0.384. The van der Waals surface area contributed by atoms with Crippen molar-refractivity contribution >= 4 is 33.2 Å². The molecule has 8 heteroatoms. The number of aromatic nitrogens is 1. The highest BCUT2D eigenvalue weighted by Gasteiger charge is 2.19. The van der Waals surface area contributed by atoms with Gasteiger partial charge in [-0.15, -0.1) is 0 Å². The molecule has 94 valence electrons. The largest absolute Gasteiger partial charge is 0.391 e. The highest BCUT2D eigenvalue weighted by atomic mass is 79.9. The predicted molar refractivity (Wildman–Crippen MR) is 67.2 cm³/mol. The van der Waals surface area contributed by atoms with Gasteiger partial charge in [-0.25, -0.2) is 0 Å². The first-order chi connectivity index (χ1) is 8.54. The summed E-state index contributed by atoms with van der Waals surface area (Å²) in [6, 6.07) is 4.25. The Morgan fingerprint density at radius 1 is 1.56 bits per heavy atom. The van der Waals surface area contributed by atoms with Crippen molar-refractivity contribution in [2.75, 3.05) is 0 Å². The Morgan fingerprint density at radius 3 is 2.89 bits per heavy atom. The van der Waals surface area contributed by atoms with Gasteiger partial charge in [0.1, 0.15) is 10.7 Å². The van der Waals surface area contributed by atoms with Crippen molar-refractivity contribution in [2.24, 2.45) is 0 Å². The lowest BCUT2D eigenvalue weighted by atomic mass is 10.1. The number of aliphatic hydroxyl groups is 1. The summed E-state index contributed by atoms with van der Waals surface area (Å²) in [4.78, 5) is 10.2. The standard InChI is InChI=1S/C10H6BrClN2O4/c11-10-6(4-15)9(13-18-10)5-1-2-7(12)8(3-5)14(16)17/h1-3,15H,4H2. The van der Waals surface area contributed by atoms with Crippen LogP contribution in [0, 0.1) is 10.1 Å². The molecule has 1 aromatic carbocycles. The van der Waals surface area contributed by atoms with Crippen LogP contribution < -0.4 is 0 Å². The van der Waals surface area contributed by atoms with Gasteiger partial charge in [-0.1, -0.05) is 22.8 Å². The second-order valence-corrected chi connectivity index (χ2v) is 4.49. The summed E-state index contributed by atoms with van der Waals surface area (Å²) in [5, 5.41) is 23.8. The van der Waals surface area contributed by atoms with E-state index in [1.807, 2.05) is 0 Å². The van der Waals surface area contributed by atoms with E-state index in [9.17, 15) is 15.2 Å². The fraction of sp³-hybridized carbons (Fsp3) is 0.100. The summed E-state index contributed by atoms with van der Waals surface area (Å²) in [6.45, 7) is -0.296. The average molecular weight is 334 g/mol. The minimum Gasteiger partial charge on any atom is -0.391 e. The molecule has 1 aromatic heterocycles. The Labute approximate surface area is 114 Å². The summed E-state index contributed by atoms with van der Waals surface area (Å²) < 4.78 is 5.16. The predicted octanol–water partition coefficient (Wildman–Crippen LogP) is 3.16. The van der Waals surface area contributed by atoms with E-state index in [1.165, 1.54) is 12.1 Å². The molecule has 2 aromatic rings. The van der Waals surface area contributed by atoms with Crippen LogP contribution in [0.15, 0.2) is 27.4 Å². The molecule has 0 saturated carbocycles.